The molecule has 4 nitrogen and oxygen atoms in total. The van der Waals surface area contributed by atoms with Gasteiger partial charge in [-0.3, -0.25) is 14.5 Å². The minimum atomic E-state index is -0.609. The van der Waals surface area contributed by atoms with Gasteiger partial charge in [0.25, 0.3) is 0 Å². The van der Waals surface area contributed by atoms with Crippen LogP contribution in [0.5, 0.6) is 0 Å². The molecule has 0 saturated carbocycles. The highest BCUT2D eigenvalue weighted by molar-refractivity contribution is 6.01. The fourth-order valence-electron chi connectivity index (χ4n) is 3.35. The number of nitrogens with one attached hydrogen (secondary N) is 1. The number of hydrogen-bond donors (Lipinski definition) is 1. The van der Waals surface area contributed by atoms with E-state index in [-0.39, 0.29) is 17.6 Å². The van der Waals surface area contributed by atoms with Gasteiger partial charge in [0.2, 0.25) is 11.8 Å². The standard InChI is InChI=1S/C21H23FN2O2/c1-15(21(26)23-14-13-16-7-2-4-10-18(16)22)24-19-11-5-3-8-17(19)9-6-12-20(24)25/h2-5,7-8,10-11,15H,6,9,12-14H2,1H3,(H,23,26)/t15-/m1/s1. The molecule has 5 heteroatoms. The van der Waals surface area contributed by atoms with Crippen LogP contribution in [0.2, 0.25) is 0 Å². The van der Waals surface area contributed by atoms with E-state index in [0.29, 0.717) is 24.9 Å². The second-order valence-electron chi connectivity index (χ2n) is 6.55. The first kappa shape index (κ1) is 18.1. The van der Waals surface area contributed by atoms with Gasteiger partial charge < -0.3 is 5.32 Å². The van der Waals surface area contributed by atoms with Crippen molar-refractivity contribution < 1.29 is 14.0 Å². The molecule has 1 heterocycles. The number of para-hydroxylation sites is 1. The molecule has 0 spiro atoms. The van der Waals surface area contributed by atoms with Crippen LogP contribution in [-0.2, 0) is 22.4 Å². The van der Waals surface area contributed by atoms with Crippen molar-refractivity contribution in [1.29, 1.82) is 0 Å². The Labute approximate surface area is 153 Å². The number of nitrogens with zero attached hydrogens (tertiary/aromatic N) is 1. The molecule has 0 unspecified atom stereocenters. The van der Waals surface area contributed by atoms with Gasteiger partial charge in [-0.2, -0.15) is 0 Å². The number of amides is 2. The number of anilines is 1. The van der Waals surface area contributed by atoms with Crippen LogP contribution in [0.4, 0.5) is 10.1 Å². The van der Waals surface area contributed by atoms with Crippen LogP contribution in [0, 0.1) is 5.82 Å². The minimum absolute atomic E-state index is 0.0355. The lowest BCUT2D eigenvalue weighted by Crippen LogP contribution is -2.48. The second-order valence-corrected chi connectivity index (χ2v) is 6.55. The SMILES string of the molecule is C[C@H](C(=O)NCCc1ccccc1F)N1C(=O)CCCc2ccccc21. The average Bonchev–Trinajstić information content (AvgIpc) is 2.80. The summed E-state index contributed by atoms with van der Waals surface area (Å²) in [5.41, 5.74) is 2.47. The summed E-state index contributed by atoms with van der Waals surface area (Å²) >= 11 is 0. The fourth-order valence-corrected chi connectivity index (χ4v) is 3.35. The molecule has 0 bridgehead atoms. The quantitative estimate of drug-likeness (QED) is 0.896. The van der Waals surface area contributed by atoms with Gasteiger partial charge in [0.1, 0.15) is 11.9 Å². The van der Waals surface area contributed by atoms with Crippen molar-refractivity contribution in [3.8, 4) is 0 Å². The summed E-state index contributed by atoms with van der Waals surface area (Å²) in [5, 5.41) is 2.83. The Kier molecular flexibility index (Phi) is 5.66. The van der Waals surface area contributed by atoms with E-state index in [1.807, 2.05) is 24.3 Å². The third kappa shape index (κ3) is 3.93. The molecule has 0 aromatic heterocycles. The zero-order chi connectivity index (χ0) is 18.5. The van der Waals surface area contributed by atoms with Crippen molar-refractivity contribution in [2.75, 3.05) is 11.4 Å². The van der Waals surface area contributed by atoms with Gasteiger partial charge in [-0.25, -0.2) is 4.39 Å². The van der Waals surface area contributed by atoms with Crippen LogP contribution in [-0.4, -0.2) is 24.4 Å². The Morgan fingerprint density at radius 1 is 1.15 bits per heavy atom. The molecular formula is C21H23FN2O2. The Hall–Kier alpha value is -2.69. The van der Waals surface area contributed by atoms with Gasteiger partial charge in [-0.05, 0) is 49.4 Å². The lowest BCUT2D eigenvalue weighted by Gasteiger charge is -2.28. The van der Waals surface area contributed by atoms with Crippen LogP contribution in [0.3, 0.4) is 0 Å². The Bertz CT molecular complexity index is 806. The van der Waals surface area contributed by atoms with Gasteiger partial charge in [-0.15, -0.1) is 0 Å². The Morgan fingerprint density at radius 2 is 1.88 bits per heavy atom. The molecule has 0 aliphatic carbocycles. The average molecular weight is 354 g/mol. The summed E-state index contributed by atoms with van der Waals surface area (Å²) in [6.45, 7) is 2.06. The van der Waals surface area contributed by atoms with Crippen LogP contribution >= 0.6 is 0 Å². The molecule has 0 radical (unpaired) electrons. The molecule has 3 rings (SSSR count). The molecule has 2 amide bonds. The van der Waals surface area contributed by atoms with E-state index in [2.05, 4.69) is 5.32 Å². The molecule has 2 aromatic carbocycles. The summed E-state index contributed by atoms with van der Waals surface area (Å²) in [4.78, 5) is 26.7. The second kappa shape index (κ2) is 8.13. The minimum Gasteiger partial charge on any atom is -0.354 e. The van der Waals surface area contributed by atoms with Gasteiger partial charge in [0.15, 0.2) is 0 Å². The summed E-state index contributed by atoms with van der Waals surface area (Å²) in [7, 11) is 0. The van der Waals surface area contributed by atoms with Crippen molar-refractivity contribution in [2.45, 2.75) is 38.6 Å². The van der Waals surface area contributed by atoms with Crippen LogP contribution in [0.15, 0.2) is 48.5 Å². The lowest BCUT2D eigenvalue weighted by molar-refractivity contribution is -0.126. The summed E-state index contributed by atoms with van der Waals surface area (Å²) in [6, 6.07) is 13.6. The molecule has 1 atom stereocenters. The van der Waals surface area contributed by atoms with Gasteiger partial charge >= 0.3 is 0 Å². The maximum absolute atomic E-state index is 13.7. The van der Waals surface area contributed by atoms with Crippen LogP contribution in [0.1, 0.15) is 30.9 Å². The van der Waals surface area contributed by atoms with Crippen molar-refractivity contribution in [2.24, 2.45) is 0 Å². The smallest absolute Gasteiger partial charge is 0.242 e. The molecule has 26 heavy (non-hydrogen) atoms. The first-order chi connectivity index (χ1) is 12.6. The number of halogens is 1. The predicted molar refractivity (Wildman–Crippen MR) is 99.4 cm³/mol. The van der Waals surface area contributed by atoms with Gasteiger partial charge in [-0.1, -0.05) is 36.4 Å². The largest absolute Gasteiger partial charge is 0.354 e. The molecule has 0 fully saturated rings. The van der Waals surface area contributed by atoms with Crippen molar-refractivity contribution in [3.63, 3.8) is 0 Å². The highest BCUT2D eigenvalue weighted by Crippen LogP contribution is 2.28. The van der Waals surface area contributed by atoms with E-state index in [4.69, 9.17) is 0 Å². The van der Waals surface area contributed by atoms with E-state index >= 15 is 0 Å². The highest BCUT2D eigenvalue weighted by Gasteiger charge is 2.30. The zero-order valence-electron chi connectivity index (χ0n) is 14.9. The topological polar surface area (TPSA) is 49.4 Å². The van der Waals surface area contributed by atoms with E-state index in [1.54, 1.807) is 30.0 Å². The molecule has 136 valence electrons. The first-order valence-electron chi connectivity index (χ1n) is 8.99. The molecule has 2 aromatic rings. The van der Waals surface area contributed by atoms with E-state index in [0.717, 1.165) is 24.1 Å². The number of benzene rings is 2. The first-order valence-corrected chi connectivity index (χ1v) is 8.99. The number of aryl methyl sites for hydroxylation is 1. The predicted octanol–water partition coefficient (Wildman–Crippen LogP) is 3.24. The lowest BCUT2D eigenvalue weighted by atomic mass is 10.1. The molecule has 1 aliphatic rings. The van der Waals surface area contributed by atoms with Crippen molar-refractivity contribution in [3.05, 3.63) is 65.5 Å². The maximum atomic E-state index is 13.7. The molecule has 1 aliphatic heterocycles. The van der Waals surface area contributed by atoms with Crippen molar-refractivity contribution in [1.82, 2.24) is 5.32 Å². The van der Waals surface area contributed by atoms with Gasteiger partial charge in [0.05, 0.1) is 0 Å². The summed E-state index contributed by atoms with van der Waals surface area (Å²) < 4.78 is 13.7. The molecular weight excluding hydrogens is 331 g/mol. The van der Waals surface area contributed by atoms with Gasteiger partial charge in [0, 0.05) is 18.7 Å². The monoisotopic (exact) mass is 354 g/mol. The molecule has 0 saturated heterocycles. The Morgan fingerprint density at radius 3 is 2.69 bits per heavy atom. The third-order valence-corrected chi connectivity index (χ3v) is 4.77. The highest BCUT2D eigenvalue weighted by atomic mass is 19.1. The molecule has 1 N–H and O–H groups in total. The maximum Gasteiger partial charge on any atom is 0.242 e. The Balaban J connectivity index is 1.67. The van der Waals surface area contributed by atoms with E-state index in [1.165, 1.54) is 6.07 Å². The number of rotatable bonds is 5. The van der Waals surface area contributed by atoms with Crippen molar-refractivity contribution >= 4 is 17.5 Å². The van der Waals surface area contributed by atoms with E-state index < -0.39 is 6.04 Å². The fraction of sp³-hybridized carbons (Fsp3) is 0.333. The zero-order valence-corrected chi connectivity index (χ0v) is 14.9. The number of carbonyl (C=O) groups is 2. The summed E-state index contributed by atoms with van der Waals surface area (Å²) in [6.07, 6.45) is 2.46. The van der Waals surface area contributed by atoms with Crippen LogP contribution < -0.4 is 10.2 Å². The normalized spacial score (nSPS) is 15.2. The third-order valence-electron chi connectivity index (χ3n) is 4.77. The summed E-state index contributed by atoms with van der Waals surface area (Å²) in [5.74, 6) is -0.537. The van der Waals surface area contributed by atoms with E-state index in [9.17, 15) is 14.0 Å². The number of carbonyl (C=O) groups excluding carboxylic acids is 2. The van der Waals surface area contributed by atoms with Crippen LogP contribution in [0.25, 0.3) is 0 Å². The number of fused-ring (bicyclic) bond motifs is 1. The number of hydrogen-bond acceptors (Lipinski definition) is 2.